The molecule has 0 unspecified atom stereocenters. The van der Waals surface area contributed by atoms with Gasteiger partial charge in [-0.15, -0.1) is 0 Å². The van der Waals surface area contributed by atoms with Gasteiger partial charge >= 0.3 is 0 Å². The van der Waals surface area contributed by atoms with Crippen molar-refractivity contribution in [2.75, 3.05) is 0 Å². The zero-order valence-electron chi connectivity index (χ0n) is 14.3. The van der Waals surface area contributed by atoms with Gasteiger partial charge in [-0.2, -0.15) is 10.2 Å². The van der Waals surface area contributed by atoms with E-state index in [4.69, 9.17) is 17.3 Å². The van der Waals surface area contributed by atoms with Gasteiger partial charge in [0, 0.05) is 12.7 Å². The Balaban J connectivity index is 1.89. The van der Waals surface area contributed by atoms with Gasteiger partial charge in [-0.1, -0.05) is 11.6 Å². The van der Waals surface area contributed by atoms with Crippen molar-refractivity contribution in [3.63, 3.8) is 0 Å². The van der Waals surface area contributed by atoms with Crippen LogP contribution in [0.3, 0.4) is 0 Å². The number of imidazole rings is 1. The van der Waals surface area contributed by atoms with Gasteiger partial charge in [-0.3, -0.25) is 19.0 Å². The second kappa shape index (κ2) is 6.06. The van der Waals surface area contributed by atoms with Crippen LogP contribution in [-0.4, -0.2) is 50.3 Å². The van der Waals surface area contributed by atoms with Crippen LogP contribution >= 0.6 is 11.6 Å². The number of hydrogen-bond donors (Lipinski definition) is 3. The van der Waals surface area contributed by atoms with E-state index in [2.05, 4.69) is 30.2 Å². The van der Waals surface area contributed by atoms with E-state index in [-0.39, 0.29) is 28.4 Å². The highest BCUT2D eigenvalue weighted by atomic mass is 35.5. The summed E-state index contributed by atoms with van der Waals surface area (Å²) >= 11 is 5.90. The minimum atomic E-state index is -0.726. The van der Waals surface area contributed by atoms with Crippen molar-refractivity contribution in [1.29, 1.82) is 0 Å². The van der Waals surface area contributed by atoms with E-state index in [1.54, 1.807) is 11.6 Å². The highest BCUT2D eigenvalue weighted by Crippen LogP contribution is 2.31. The normalized spacial score (nSPS) is 11.4. The molecule has 0 aromatic carbocycles. The van der Waals surface area contributed by atoms with E-state index in [1.165, 1.54) is 16.8 Å². The minimum absolute atomic E-state index is 0.00312. The quantitative estimate of drug-likeness (QED) is 0.474. The Kier molecular flexibility index (Phi) is 3.81. The van der Waals surface area contributed by atoms with Crippen LogP contribution in [0.5, 0.6) is 5.75 Å². The summed E-state index contributed by atoms with van der Waals surface area (Å²) in [5.41, 5.74) is 7.06. The summed E-state index contributed by atoms with van der Waals surface area (Å²) in [6.07, 6.45) is 2.89. The Bertz CT molecular complexity index is 1190. The summed E-state index contributed by atoms with van der Waals surface area (Å²) in [6.45, 7) is 4.11. The van der Waals surface area contributed by atoms with Crippen LogP contribution in [0.15, 0.2) is 12.4 Å². The number of carbonyl (C=O) groups excluding carboxylic acids is 1. The van der Waals surface area contributed by atoms with E-state index in [0.717, 1.165) is 0 Å². The molecule has 138 valence electrons. The first-order valence-electron chi connectivity index (χ1n) is 7.93. The molecule has 11 nitrogen and oxygen atoms in total. The maximum Gasteiger partial charge on any atom is 0.285 e. The lowest BCUT2D eigenvalue weighted by Crippen LogP contribution is -2.15. The van der Waals surface area contributed by atoms with Gasteiger partial charge in [-0.25, -0.2) is 15.0 Å². The first-order chi connectivity index (χ1) is 12.9. The number of nitrogens with zero attached hydrogens (tertiary/aromatic N) is 7. The van der Waals surface area contributed by atoms with Crippen molar-refractivity contribution < 1.29 is 9.90 Å². The Morgan fingerprint density at radius 2 is 2.19 bits per heavy atom. The number of fused-ring (bicyclic) bond motifs is 1. The number of H-pyrrole nitrogens is 1. The van der Waals surface area contributed by atoms with Gasteiger partial charge < -0.3 is 10.8 Å². The number of aromatic nitrogens is 8. The van der Waals surface area contributed by atoms with Gasteiger partial charge in [0.05, 0.1) is 11.7 Å². The number of carbonyl (C=O) groups is 1. The maximum atomic E-state index is 11.7. The number of nitrogens with one attached hydrogen (secondary N) is 1. The van der Waals surface area contributed by atoms with Gasteiger partial charge in [0.25, 0.3) is 5.91 Å². The van der Waals surface area contributed by atoms with E-state index >= 15 is 0 Å². The smallest absolute Gasteiger partial charge is 0.285 e. The van der Waals surface area contributed by atoms with Crippen molar-refractivity contribution in [2.45, 2.75) is 20.4 Å². The average Bonchev–Trinajstić information content (AvgIpc) is 3.31. The molecule has 0 aliphatic rings. The molecule has 12 heteroatoms. The van der Waals surface area contributed by atoms with Crippen molar-refractivity contribution >= 4 is 23.0 Å². The van der Waals surface area contributed by atoms with Crippen LogP contribution in [0.4, 0.5) is 0 Å². The molecule has 0 saturated carbocycles. The van der Waals surface area contributed by atoms with Gasteiger partial charge in [0.15, 0.2) is 11.6 Å². The summed E-state index contributed by atoms with van der Waals surface area (Å²) in [5.74, 6) is -0.216. The number of halogens is 1. The Hall–Kier alpha value is -3.47. The number of aromatic amines is 1. The topological polar surface area (TPSA) is 153 Å². The first-order valence-corrected chi connectivity index (χ1v) is 8.31. The lowest BCUT2D eigenvalue weighted by atomic mass is 10.3. The summed E-state index contributed by atoms with van der Waals surface area (Å²) in [5, 5.41) is 21.6. The monoisotopic (exact) mass is 387 g/mol. The van der Waals surface area contributed by atoms with Crippen molar-refractivity contribution in [3.05, 3.63) is 29.1 Å². The van der Waals surface area contributed by atoms with E-state index in [1.807, 2.05) is 6.92 Å². The van der Waals surface area contributed by atoms with E-state index in [0.29, 0.717) is 29.1 Å². The van der Waals surface area contributed by atoms with Crippen LogP contribution in [0.1, 0.15) is 23.2 Å². The Morgan fingerprint density at radius 3 is 2.89 bits per heavy atom. The Morgan fingerprint density at radius 1 is 1.41 bits per heavy atom. The number of primary amides is 1. The third-order valence-electron chi connectivity index (χ3n) is 4.03. The molecular formula is C15H14ClN9O2. The molecule has 0 saturated heterocycles. The lowest BCUT2D eigenvalue weighted by Gasteiger charge is -1.99. The van der Waals surface area contributed by atoms with E-state index in [9.17, 15) is 9.90 Å². The fourth-order valence-electron chi connectivity index (χ4n) is 2.81. The molecule has 4 N–H and O–H groups in total. The van der Waals surface area contributed by atoms with Crippen LogP contribution in [-0.2, 0) is 6.54 Å². The third kappa shape index (κ3) is 2.59. The fourth-order valence-corrected chi connectivity index (χ4v) is 2.95. The van der Waals surface area contributed by atoms with Crippen LogP contribution in [0.2, 0.25) is 5.15 Å². The molecule has 27 heavy (non-hydrogen) atoms. The summed E-state index contributed by atoms with van der Waals surface area (Å²) in [6, 6.07) is 0. The number of nitrogens with two attached hydrogens (primary N) is 1. The largest absolute Gasteiger partial charge is 0.504 e. The highest BCUT2D eigenvalue weighted by molar-refractivity contribution is 6.29. The number of aryl methyl sites for hydroxylation is 2. The van der Waals surface area contributed by atoms with Crippen molar-refractivity contribution in [1.82, 2.24) is 39.3 Å². The molecule has 4 rings (SSSR count). The third-order valence-corrected chi connectivity index (χ3v) is 4.23. The lowest BCUT2D eigenvalue weighted by molar-refractivity contribution is 0.0990. The molecule has 0 aliphatic carbocycles. The summed E-state index contributed by atoms with van der Waals surface area (Å²) in [4.78, 5) is 24.4. The number of aromatic hydroxyl groups is 1. The van der Waals surface area contributed by atoms with Gasteiger partial charge in [0.2, 0.25) is 11.6 Å². The van der Waals surface area contributed by atoms with Crippen molar-refractivity contribution in [3.8, 4) is 28.8 Å². The summed E-state index contributed by atoms with van der Waals surface area (Å²) in [7, 11) is 0. The van der Waals surface area contributed by atoms with Crippen LogP contribution < -0.4 is 5.73 Å². The number of rotatable bonds is 4. The molecule has 0 fully saturated rings. The second-order valence-electron chi connectivity index (χ2n) is 5.72. The van der Waals surface area contributed by atoms with Crippen LogP contribution in [0.25, 0.3) is 28.6 Å². The van der Waals surface area contributed by atoms with Crippen molar-refractivity contribution in [2.24, 2.45) is 5.73 Å². The molecule has 0 radical (unpaired) electrons. The molecule has 1 amide bonds. The number of amides is 1. The zero-order chi connectivity index (χ0) is 19.3. The fraction of sp³-hybridized carbons (Fsp3) is 0.200. The molecule has 4 aromatic rings. The standard InChI is InChI=1S/C15H14ClN9O2/c1-3-25-10(11(26)6(2)23-25)14-20-13(21-22-14)9-7-4-18-8(16)5-24(7)15(19-9)12(17)27/h4-5,26H,3H2,1-2H3,(H2,17,27)(H,20,21,22). The van der Waals surface area contributed by atoms with Gasteiger partial charge in [-0.05, 0) is 13.8 Å². The maximum absolute atomic E-state index is 11.7. The first kappa shape index (κ1) is 17.0. The van der Waals surface area contributed by atoms with Crippen LogP contribution in [0, 0.1) is 6.92 Å². The predicted molar refractivity (Wildman–Crippen MR) is 95.2 cm³/mol. The molecule has 4 aromatic heterocycles. The number of hydrogen-bond acceptors (Lipinski definition) is 7. The summed E-state index contributed by atoms with van der Waals surface area (Å²) < 4.78 is 3.03. The Labute approximate surface area is 156 Å². The predicted octanol–water partition coefficient (Wildman–Crippen LogP) is 1.16. The molecular weight excluding hydrogens is 374 g/mol. The molecule has 0 atom stereocenters. The average molecular weight is 388 g/mol. The highest BCUT2D eigenvalue weighted by Gasteiger charge is 2.23. The molecule has 0 spiro atoms. The molecule has 0 bridgehead atoms. The van der Waals surface area contributed by atoms with Gasteiger partial charge in [0.1, 0.15) is 22.2 Å². The second-order valence-corrected chi connectivity index (χ2v) is 6.11. The molecule has 0 aliphatic heterocycles. The molecule has 4 heterocycles. The SMILES string of the molecule is CCn1nc(C)c(O)c1-c1n[nH]c(-c2nc(C(N)=O)n3cc(Cl)ncc23)n1. The minimum Gasteiger partial charge on any atom is -0.504 e. The zero-order valence-corrected chi connectivity index (χ0v) is 15.1. The van der Waals surface area contributed by atoms with E-state index < -0.39 is 5.91 Å².